The first kappa shape index (κ1) is 19.7. The Kier molecular flexibility index (Phi) is 6.02. The van der Waals surface area contributed by atoms with Gasteiger partial charge < -0.3 is 14.6 Å². The minimum absolute atomic E-state index is 0.0186. The van der Waals surface area contributed by atoms with E-state index in [0.29, 0.717) is 23.9 Å². The molecule has 0 saturated heterocycles. The zero-order chi connectivity index (χ0) is 20.2. The Bertz CT molecular complexity index is 982. The second-order valence-corrected chi connectivity index (χ2v) is 8.38. The third kappa shape index (κ3) is 4.54. The Morgan fingerprint density at radius 2 is 2.00 bits per heavy atom. The van der Waals surface area contributed by atoms with E-state index >= 15 is 0 Å². The average molecular weight is 429 g/mol. The summed E-state index contributed by atoms with van der Waals surface area (Å²) in [5, 5.41) is 5.53. The largest absolute Gasteiger partial charge is 0.467 e. The van der Waals surface area contributed by atoms with E-state index in [-0.39, 0.29) is 30.7 Å². The fourth-order valence-electron chi connectivity index (χ4n) is 3.64. The standard InChI is InChI=1S/C22H21ClN2O3S/c23-16-5-3-15(4-6-16)22-18-10-13-29-19(18)9-11-25(22)21(27)8-7-20(26)24-14-17-2-1-12-28-17/h1-6,10,12-13,22H,7-9,11,14H2,(H,24,26). The second kappa shape index (κ2) is 8.84. The zero-order valence-corrected chi connectivity index (χ0v) is 17.3. The molecule has 1 aliphatic rings. The fourth-order valence-corrected chi connectivity index (χ4v) is 4.67. The summed E-state index contributed by atoms with van der Waals surface area (Å²) in [5.41, 5.74) is 2.20. The topological polar surface area (TPSA) is 62.6 Å². The van der Waals surface area contributed by atoms with E-state index < -0.39 is 0 Å². The van der Waals surface area contributed by atoms with Crippen LogP contribution in [0.1, 0.15) is 40.6 Å². The fraction of sp³-hybridized carbons (Fsp3) is 0.273. The molecular formula is C22H21ClN2O3S. The lowest BCUT2D eigenvalue weighted by Crippen LogP contribution is -2.40. The average Bonchev–Trinajstić information content (AvgIpc) is 3.42. The SMILES string of the molecule is O=C(CCC(=O)N1CCc2sccc2C1c1ccc(Cl)cc1)NCc1ccco1. The number of nitrogens with zero attached hydrogens (tertiary/aromatic N) is 1. The van der Waals surface area contributed by atoms with Crippen molar-refractivity contribution in [1.82, 2.24) is 10.2 Å². The summed E-state index contributed by atoms with van der Waals surface area (Å²) in [6.45, 7) is 0.975. The van der Waals surface area contributed by atoms with Gasteiger partial charge in [0.25, 0.3) is 0 Å². The summed E-state index contributed by atoms with van der Waals surface area (Å²) in [4.78, 5) is 28.4. The number of carbonyl (C=O) groups excluding carboxylic acids is 2. The van der Waals surface area contributed by atoms with Crippen LogP contribution < -0.4 is 5.32 Å². The molecule has 0 radical (unpaired) electrons. The smallest absolute Gasteiger partial charge is 0.223 e. The third-order valence-electron chi connectivity index (χ3n) is 5.08. The number of fused-ring (bicyclic) bond motifs is 1. The number of hydrogen-bond donors (Lipinski definition) is 1. The van der Waals surface area contributed by atoms with Crippen molar-refractivity contribution in [2.45, 2.75) is 31.8 Å². The van der Waals surface area contributed by atoms with Crippen LogP contribution in [0.2, 0.25) is 5.02 Å². The van der Waals surface area contributed by atoms with E-state index in [1.54, 1.807) is 29.7 Å². The van der Waals surface area contributed by atoms with Crippen molar-refractivity contribution in [3.63, 3.8) is 0 Å². The molecule has 0 fully saturated rings. The summed E-state index contributed by atoms with van der Waals surface area (Å²) in [6, 6.07) is 13.2. The van der Waals surface area contributed by atoms with E-state index in [2.05, 4.69) is 16.8 Å². The van der Waals surface area contributed by atoms with Gasteiger partial charge in [0.15, 0.2) is 0 Å². The number of hydrogen-bond acceptors (Lipinski definition) is 4. The molecule has 0 saturated carbocycles. The lowest BCUT2D eigenvalue weighted by Gasteiger charge is -2.36. The van der Waals surface area contributed by atoms with Crippen LogP contribution in [0.15, 0.2) is 58.5 Å². The quantitative estimate of drug-likeness (QED) is 0.625. The lowest BCUT2D eigenvalue weighted by atomic mass is 9.93. The number of benzene rings is 1. The van der Waals surface area contributed by atoms with Gasteiger partial charge in [0.05, 0.1) is 18.8 Å². The maximum atomic E-state index is 13.0. The number of rotatable bonds is 6. The molecule has 150 valence electrons. The first-order valence-corrected chi connectivity index (χ1v) is 10.8. The zero-order valence-electron chi connectivity index (χ0n) is 15.8. The lowest BCUT2D eigenvalue weighted by molar-refractivity contribution is -0.135. The van der Waals surface area contributed by atoms with Crippen LogP contribution >= 0.6 is 22.9 Å². The normalized spacial score (nSPS) is 15.8. The molecule has 1 unspecified atom stereocenters. The van der Waals surface area contributed by atoms with Crippen molar-refractivity contribution < 1.29 is 14.0 Å². The van der Waals surface area contributed by atoms with Gasteiger partial charge in [0, 0.05) is 29.3 Å². The minimum Gasteiger partial charge on any atom is -0.467 e. The van der Waals surface area contributed by atoms with E-state index in [1.165, 1.54) is 10.4 Å². The van der Waals surface area contributed by atoms with Gasteiger partial charge in [-0.3, -0.25) is 9.59 Å². The van der Waals surface area contributed by atoms with Gasteiger partial charge in [0.2, 0.25) is 11.8 Å². The van der Waals surface area contributed by atoms with Crippen molar-refractivity contribution >= 4 is 34.8 Å². The van der Waals surface area contributed by atoms with Crippen molar-refractivity contribution in [3.05, 3.63) is 80.9 Å². The van der Waals surface area contributed by atoms with Crippen molar-refractivity contribution in [2.75, 3.05) is 6.54 Å². The van der Waals surface area contributed by atoms with Crippen LogP contribution in [-0.2, 0) is 22.6 Å². The molecule has 4 rings (SSSR count). The molecule has 7 heteroatoms. The van der Waals surface area contributed by atoms with E-state index in [1.807, 2.05) is 29.2 Å². The highest BCUT2D eigenvalue weighted by Gasteiger charge is 2.32. The van der Waals surface area contributed by atoms with Gasteiger partial charge in [-0.05, 0) is 53.3 Å². The summed E-state index contributed by atoms with van der Waals surface area (Å²) >= 11 is 7.78. The summed E-state index contributed by atoms with van der Waals surface area (Å²) < 4.78 is 5.20. The van der Waals surface area contributed by atoms with E-state index in [0.717, 1.165) is 12.0 Å². The molecule has 5 nitrogen and oxygen atoms in total. The molecule has 29 heavy (non-hydrogen) atoms. The molecule has 2 amide bonds. The number of amides is 2. The van der Waals surface area contributed by atoms with Crippen LogP contribution in [0.4, 0.5) is 0 Å². The number of carbonyl (C=O) groups is 2. The van der Waals surface area contributed by atoms with Crippen LogP contribution in [0.3, 0.4) is 0 Å². The van der Waals surface area contributed by atoms with E-state index in [9.17, 15) is 9.59 Å². The predicted molar refractivity (Wildman–Crippen MR) is 113 cm³/mol. The number of furan rings is 1. The molecule has 1 aliphatic heterocycles. The maximum absolute atomic E-state index is 13.0. The number of nitrogens with one attached hydrogen (secondary N) is 1. The molecule has 0 aliphatic carbocycles. The van der Waals surface area contributed by atoms with Crippen LogP contribution in [0.25, 0.3) is 0 Å². The summed E-state index contributed by atoms with van der Waals surface area (Å²) in [7, 11) is 0. The molecule has 1 atom stereocenters. The van der Waals surface area contributed by atoms with Crippen LogP contribution in [0.5, 0.6) is 0 Å². The maximum Gasteiger partial charge on any atom is 0.223 e. The monoisotopic (exact) mass is 428 g/mol. The first-order chi connectivity index (χ1) is 14.1. The molecule has 1 aromatic carbocycles. The molecular weight excluding hydrogens is 408 g/mol. The molecule has 3 heterocycles. The van der Waals surface area contributed by atoms with Gasteiger partial charge >= 0.3 is 0 Å². The van der Waals surface area contributed by atoms with Gasteiger partial charge in [-0.15, -0.1) is 11.3 Å². The highest BCUT2D eigenvalue weighted by Crippen LogP contribution is 2.38. The summed E-state index contributed by atoms with van der Waals surface area (Å²) in [5.74, 6) is 0.509. The molecule has 3 aromatic rings. The molecule has 1 N–H and O–H groups in total. The number of halogens is 1. The number of thiophene rings is 1. The Labute approximate surface area is 178 Å². The van der Waals surface area contributed by atoms with E-state index in [4.69, 9.17) is 16.0 Å². The Morgan fingerprint density at radius 1 is 1.17 bits per heavy atom. The Balaban J connectivity index is 1.43. The highest BCUT2D eigenvalue weighted by atomic mass is 35.5. The van der Waals surface area contributed by atoms with Gasteiger partial charge in [-0.25, -0.2) is 0 Å². The first-order valence-electron chi connectivity index (χ1n) is 9.52. The van der Waals surface area contributed by atoms with Crippen LogP contribution in [-0.4, -0.2) is 23.3 Å². The van der Waals surface area contributed by atoms with Gasteiger partial charge in [-0.2, -0.15) is 0 Å². The Morgan fingerprint density at radius 3 is 2.76 bits per heavy atom. The molecule has 2 aromatic heterocycles. The van der Waals surface area contributed by atoms with Gasteiger partial charge in [0.1, 0.15) is 5.76 Å². The summed E-state index contributed by atoms with van der Waals surface area (Å²) in [6.07, 6.45) is 2.73. The minimum atomic E-state index is -0.161. The molecule has 0 bridgehead atoms. The second-order valence-electron chi connectivity index (χ2n) is 6.95. The van der Waals surface area contributed by atoms with Gasteiger partial charge in [-0.1, -0.05) is 23.7 Å². The van der Waals surface area contributed by atoms with Crippen LogP contribution in [0, 0.1) is 0 Å². The van der Waals surface area contributed by atoms with Crippen molar-refractivity contribution in [3.8, 4) is 0 Å². The highest BCUT2D eigenvalue weighted by molar-refractivity contribution is 7.10. The van der Waals surface area contributed by atoms with Crippen molar-refractivity contribution in [2.24, 2.45) is 0 Å². The molecule has 0 spiro atoms. The van der Waals surface area contributed by atoms with Crippen molar-refractivity contribution in [1.29, 1.82) is 0 Å². The Hall–Kier alpha value is -2.57. The third-order valence-corrected chi connectivity index (χ3v) is 6.33. The predicted octanol–water partition coefficient (Wildman–Crippen LogP) is 4.57.